The Morgan fingerprint density at radius 2 is 1.26 bits per heavy atom. The molecule has 0 aliphatic carbocycles. The molecule has 5 heteroatoms. The number of allylic oxidation sites excluding steroid dienone is 8. The number of aliphatic hydroxyl groups excluding tert-OH is 1. The molecule has 194 valence electrons. The highest BCUT2D eigenvalue weighted by molar-refractivity contribution is 5.70. The van der Waals surface area contributed by atoms with Crippen LogP contribution in [-0.4, -0.2) is 36.4 Å². The SMILES string of the molecule is CC/C=C\C/C=C\C/C=C\C/C=C\CCC(=O)OC(CO)COC(=O)CCCCCCCCC. The van der Waals surface area contributed by atoms with Crippen molar-refractivity contribution in [3.05, 3.63) is 48.6 Å². The van der Waals surface area contributed by atoms with Gasteiger partial charge in [0, 0.05) is 12.8 Å². The second-order valence-electron chi connectivity index (χ2n) is 8.39. The topological polar surface area (TPSA) is 72.8 Å². The number of hydrogen-bond donors (Lipinski definition) is 1. The van der Waals surface area contributed by atoms with Crippen LogP contribution in [0, 0.1) is 0 Å². The molecule has 0 bridgehead atoms. The normalized spacial score (nSPS) is 12.9. The lowest BCUT2D eigenvalue weighted by atomic mass is 10.1. The van der Waals surface area contributed by atoms with E-state index in [4.69, 9.17) is 9.47 Å². The third-order valence-electron chi connectivity index (χ3n) is 5.15. The summed E-state index contributed by atoms with van der Waals surface area (Å²) in [4.78, 5) is 23.8. The Balaban J connectivity index is 3.81. The number of carbonyl (C=O) groups is 2. The Kier molecular flexibility index (Phi) is 23.9. The fourth-order valence-electron chi connectivity index (χ4n) is 3.15. The molecular weight excluding hydrogens is 428 g/mol. The Morgan fingerprint density at radius 3 is 1.85 bits per heavy atom. The van der Waals surface area contributed by atoms with Gasteiger partial charge in [0.25, 0.3) is 0 Å². The van der Waals surface area contributed by atoms with E-state index >= 15 is 0 Å². The first kappa shape index (κ1) is 31.9. The number of unbranched alkanes of at least 4 members (excludes halogenated alkanes) is 6. The molecule has 1 N–H and O–H groups in total. The van der Waals surface area contributed by atoms with E-state index in [1.165, 1.54) is 25.7 Å². The number of ether oxygens (including phenoxy) is 2. The lowest BCUT2D eigenvalue weighted by Crippen LogP contribution is -2.28. The monoisotopic (exact) mass is 476 g/mol. The Bertz CT molecular complexity index is 604. The van der Waals surface area contributed by atoms with E-state index in [9.17, 15) is 14.7 Å². The van der Waals surface area contributed by atoms with Crippen molar-refractivity contribution in [3.8, 4) is 0 Å². The zero-order chi connectivity index (χ0) is 25.1. The van der Waals surface area contributed by atoms with Gasteiger partial charge in [-0.3, -0.25) is 9.59 Å². The fourth-order valence-corrected chi connectivity index (χ4v) is 3.15. The van der Waals surface area contributed by atoms with Crippen molar-refractivity contribution in [2.24, 2.45) is 0 Å². The van der Waals surface area contributed by atoms with Crippen LogP contribution in [0.15, 0.2) is 48.6 Å². The van der Waals surface area contributed by atoms with Gasteiger partial charge in [0.2, 0.25) is 0 Å². The molecule has 0 rings (SSSR count). The molecule has 0 spiro atoms. The van der Waals surface area contributed by atoms with E-state index < -0.39 is 12.1 Å². The smallest absolute Gasteiger partial charge is 0.306 e. The average Bonchev–Trinajstić information content (AvgIpc) is 2.84. The maximum Gasteiger partial charge on any atom is 0.306 e. The number of carbonyl (C=O) groups excluding carboxylic acids is 2. The summed E-state index contributed by atoms with van der Waals surface area (Å²) in [6.07, 6.45) is 29.0. The van der Waals surface area contributed by atoms with Gasteiger partial charge in [0.05, 0.1) is 6.61 Å². The molecule has 0 radical (unpaired) electrons. The van der Waals surface area contributed by atoms with Crippen molar-refractivity contribution in [2.45, 2.75) is 110 Å². The largest absolute Gasteiger partial charge is 0.462 e. The molecule has 0 amide bonds. The molecule has 0 heterocycles. The summed E-state index contributed by atoms with van der Waals surface area (Å²) >= 11 is 0. The maximum atomic E-state index is 11.9. The van der Waals surface area contributed by atoms with Crippen LogP contribution in [-0.2, 0) is 19.1 Å². The van der Waals surface area contributed by atoms with Crippen LogP contribution in [0.5, 0.6) is 0 Å². The molecule has 34 heavy (non-hydrogen) atoms. The van der Waals surface area contributed by atoms with Gasteiger partial charge >= 0.3 is 11.9 Å². The second-order valence-corrected chi connectivity index (χ2v) is 8.39. The number of esters is 2. The summed E-state index contributed by atoms with van der Waals surface area (Å²) in [6, 6.07) is 0. The van der Waals surface area contributed by atoms with E-state index in [0.29, 0.717) is 12.8 Å². The number of rotatable bonds is 22. The molecule has 0 saturated heterocycles. The summed E-state index contributed by atoms with van der Waals surface area (Å²) in [5.74, 6) is -0.701. The summed E-state index contributed by atoms with van der Waals surface area (Å²) in [5.41, 5.74) is 0. The minimum Gasteiger partial charge on any atom is -0.462 e. The van der Waals surface area contributed by atoms with Gasteiger partial charge in [-0.1, -0.05) is 101 Å². The van der Waals surface area contributed by atoms with E-state index in [1.54, 1.807) is 0 Å². The van der Waals surface area contributed by atoms with Crippen LogP contribution < -0.4 is 0 Å². The van der Waals surface area contributed by atoms with Crippen molar-refractivity contribution < 1.29 is 24.2 Å². The highest BCUT2D eigenvalue weighted by Crippen LogP contribution is 2.09. The zero-order valence-corrected chi connectivity index (χ0v) is 21.6. The van der Waals surface area contributed by atoms with Gasteiger partial charge in [-0.25, -0.2) is 0 Å². The zero-order valence-electron chi connectivity index (χ0n) is 21.6. The van der Waals surface area contributed by atoms with Crippen molar-refractivity contribution in [1.29, 1.82) is 0 Å². The fraction of sp³-hybridized carbons (Fsp3) is 0.655. The summed E-state index contributed by atoms with van der Waals surface area (Å²) < 4.78 is 10.4. The average molecular weight is 477 g/mol. The minimum atomic E-state index is -0.803. The summed E-state index contributed by atoms with van der Waals surface area (Å²) in [6.45, 7) is 3.87. The first-order valence-corrected chi connectivity index (χ1v) is 13.2. The quantitative estimate of drug-likeness (QED) is 0.102. The van der Waals surface area contributed by atoms with E-state index in [0.717, 1.165) is 44.9 Å². The van der Waals surface area contributed by atoms with Gasteiger partial charge < -0.3 is 14.6 Å². The van der Waals surface area contributed by atoms with Crippen molar-refractivity contribution in [1.82, 2.24) is 0 Å². The predicted molar refractivity (Wildman–Crippen MR) is 140 cm³/mol. The predicted octanol–water partition coefficient (Wildman–Crippen LogP) is 7.16. The number of aliphatic hydroxyl groups is 1. The molecule has 0 aliphatic heterocycles. The van der Waals surface area contributed by atoms with Gasteiger partial charge in [-0.2, -0.15) is 0 Å². The van der Waals surface area contributed by atoms with Crippen LogP contribution in [0.3, 0.4) is 0 Å². The third-order valence-corrected chi connectivity index (χ3v) is 5.15. The maximum absolute atomic E-state index is 11.9. The lowest BCUT2D eigenvalue weighted by molar-refractivity contribution is -0.161. The second kappa shape index (κ2) is 25.5. The van der Waals surface area contributed by atoms with Gasteiger partial charge in [0.1, 0.15) is 6.61 Å². The highest BCUT2D eigenvalue weighted by Gasteiger charge is 2.15. The highest BCUT2D eigenvalue weighted by atomic mass is 16.6. The van der Waals surface area contributed by atoms with E-state index in [2.05, 4.69) is 50.3 Å². The number of hydrogen-bond acceptors (Lipinski definition) is 5. The first-order chi connectivity index (χ1) is 16.6. The standard InChI is InChI=1S/C29H48O5/c1-3-5-7-9-11-12-13-14-15-16-18-20-22-24-29(32)34-27(25-30)26-33-28(31)23-21-19-17-10-8-6-4-2/h5,7,11-12,14-15,18,20,27,30H,3-4,6,8-10,13,16-17,19,21-26H2,1-2H3/b7-5-,12-11-,15-14-,20-18-. The Hall–Kier alpha value is -2.14. The molecular formula is C29H48O5. The van der Waals surface area contributed by atoms with Crippen LogP contribution in [0.4, 0.5) is 0 Å². The van der Waals surface area contributed by atoms with Crippen molar-refractivity contribution in [3.63, 3.8) is 0 Å². The third kappa shape index (κ3) is 23.0. The van der Waals surface area contributed by atoms with Crippen molar-refractivity contribution >= 4 is 11.9 Å². The molecule has 0 saturated carbocycles. The van der Waals surface area contributed by atoms with Crippen LogP contribution in [0.25, 0.3) is 0 Å². The molecule has 0 fully saturated rings. The Labute approximate surface area is 208 Å². The Morgan fingerprint density at radius 1 is 0.706 bits per heavy atom. The molecule has 0 aliphatic rings. The minimum absolute atomic E-state index is 0.0957. The van der Waals surface area contributed by atoms with Crippen LogP contribution >= 0.6 is 0 Å². The first-order valence-electron chi connectivity index (χ1n) is 13.2. The van der Waals surface area contributed by atoms with E-state index in [1.807, 2.05) is 12.2 Å². The van der Waals surface area contributed by atoms with Crippen molar-refractivity contribution in [2.75, 3.05) is 13.2 Å². The molecule has 0 aromatic heterocycles. The summed E-state index contributed by atoms with van der Waals surface area (Å²) in [5, 5.41) is 9.39. The van der Waals surface area contributed by atoms with Crippen LogP contribution in [0.2, 0.25) is 0 Å². The summed E-state index contributed by atoms with van der Waals surface area (Å²) in [7, 11) is 0. The molecule has 0 aromatic carbocycles. The van der Waals surface area contributed by atoms with Gasteiger partial charge in [-0.05, 0) is 38.5 Å². The lowest BCUT2D eigenvalue weighted by Gasteiger charge is -2.15. The molecule has 1 atom stereocenters. The molecule has 5 nitrogen and oxygen atoms in total. The molecule has 0 aromatic rings. The van der Waals surface area contributed by atoms with Gasteiger partial charge in [-0.15, -0.1) is 0 Å². The van der Waals surface area contributed by atoms with Gasteiger partial charge in [0.15, 0.2) is 6.10 Å². The molecule has 1 unspecified atom stereocenters. The van der Waals surface area contributed by atoms with E-state index in [-0.39, 0.29) is 25.6 Å². The van der Waals surface area contributed by atoms with Crippen LogP contribution in [0.1, 0.15) is 104 Å².